The van der Waals surface area contributed by atoms with Crippen molar-refractivity contribution >= 4 is 18.1 Å². The lowest BCUT2D eigenvalue weighted by atomic mass is 10.1. The molecule has 0 atom stereocenters. The van der Waals surface area contributed by atoms with E-state index in [4.69, 9.17) is 9.52 Å². The second kappa shape index (κ2) is 7.22. The Morgan fingerprint density at radius 1 is 1.12 bits per heavy atom. The molecule has 7 heteroatoms. The molecule has 0 bridgehead atoms. The summed E-state index contributed by atoms with van der Waals surface area (Å²) >= 11 is 0. The number of hydrazone groups is 1. The molecular weight excluding hydrogens is 322 g/mol. The van der Waals surface area contributed by atoms with E-state index in [2.05, 4.69) is 15.5 Å². The van der Waals surface area contributed by atoms with Crippen molar-refractivity contribution in [3.63, 3.8) is 0 Å². The van der Waals surface area contributed by atoms with Crippen LogP contribution in [0.3, 0.4) is 0 Å². The number of carbonyl (C=O) groups is 2. The van der Waals surface area contributed by atoms with E-state index in [1.807, 2.05) is 0 Å². The van der Waals surface area contributed by atoms with Gasteiger partial charge in [0.1, 0.15) is 11.5 Å². The smallest absolute Gasteiger partial charge is 0.335 e. The van der Waals surface area contributed by atoms with E-state index in [-0.39, 0.29) is 11.5 Å². The lowest BCUT2D eigenvalue weighted by Crippen LogP contribution is -2.17. The molecule has 124 valence electrons. The Balaban J connectivity index is 1.68. The summed E-state index contributed by atoms with van der Waals surface area (Å²) in [5, 5.41) is 12.9. The average molecular weight is 335 g/mol. The zero-order valence-corrected chi connectivity index (χ0v) is 12.9. The molecule has 1 aromatic carbocycles. The van der Waals surface area contributed by atoms with Crippen molar-refractivity contribution in [3.8, 4) is 11.3 Å². The normalized spacial score (nSPS) is 10.7. The van der Waals surface area contributed by atoms with Gasteiger partial charge >= 0.3 is 5.97 Å². The molecule has 0 aliphatic heterocycles. The molecule has 2 aromatic heterocycles. The maximum absolute atomic E-state index is 11.8. The summed E-state index contributed by atoms with van der Waals surface area (Å²) in [7, 11) is 0. The minimum absolute atomic E-state index is 0.174. The zero-order chi connectivity index (χ0) is 17.6. The zero-order valence-electron chi connectivity index (χ0n) is 12.9. The van der Waals surface area contributed by atoms with Crippen LogP contribution >= 0.6 is 0 Å². The van der Waals surface area contributed by atoms with Gasteiger partial charge in [-0.1, -0.05) is 12.1 Å². The highest BCUT2D eigenvalue weighted by molar-refractivity contribution is 5.94. The minimum Gasteiger partial charge on any atom is -0.478 e. The highest BCUT2D eigenvalue weighted by Gasteiger charge is 2.08. The van der Waals surface area contributed by atoms with E-state index in [1.54, 1.807) is 42.6 Å². The van der Waals surface area contributed by atoms with Gasteiger partial charge in [0, 0.05) is 18.0 Å². The monoisotopic (exact) mass is 335 g/mol. The van der Waals surface area contributed by atoms with Crippen molar-refractivity contribution in [1.82, 2.24) is 10.4 Å². The van der Waals surface area contributed by atoms with Crippen LogP contribution in [-0.4, -0.2) is 28.2 Å². The molecule has 0 unspecified atom stereocenters. The number of nitrogens with one attached hydrogen (secondary N) is 1. The van der Waals surface area contributed by atoms with Crippen molar-refractivity contribution in [2.24, 2.45) is 5.10 Å². The Bertz CT molecular complexity index is 932. The first kappa shape index (κ1) is 16.1. The Morgan fingerprint density at radius 3 is 2.72 bits per heavy atom. The maximum Gasteiger partial charge on any atom is 0.335 e. The van der Waals surface area contributed by atoms with E-state index in [1.165, 1.54) is 24.5 Å². The number of furan rings is 1. The lowest BCUT2D eigenvalue weighted by molar-refractivity contribution is 0.0696. The third-order valence-electron chi connectivity index (χ3n) is 3.30. The summed E-state index contributed by atoms with van der Waals surface area (Å²) in [6.07, 6.45) is 4.37. The molecule has 0 spiro atoms. The average Bonchev–Trinajstić information content (AvgIpc) is 3.11. The number of benzene rings is 1. The summed E-state index contributed by atoms with van der Waals surface area (Å²) < 4.78 is 5.59. The molecule has 0 aliphatic rings. The van der Waals surface area contributed by atoms with Gasteiger partial charge in [0.15, 0.2) is 0 Å². The van der Waals surface area contributed by atoms with E-state index in [0.29, 0.717) is 22.6 Å². The summed E-state index contributed by atoms with van der Waals surface area (Å²) in [5.41, 5.74) is 3.58. The molecule has 7 nitrogen and oxygen atoms in total. The molecule has 0 aliphatic carbocycles. The van der Waals surface area contributed by atoms with Crippen LogP contribution in [0.4, 0.5) is 0 Å². The van der Waals surface area contributed by atoms with Gasteiger partial charge in [0.25, 0.3) is 5.91 Å². The van der Waals surface area contributed by atoms with Crippen LogP contribution < -0.4 is 5.43 Å². The fraction of sp³-hybridized carbons (Fsp3) is 0. The predicted molar refractivity (Wildman–Crippen MR) is 90.4 cm³/mol. The number of pyridine rings is 1. The number of hydrogen-bond donors (Lipinski definition) is 2. The first-order valence-electron chi connectivity index (χ1n) is 7.30. The number of aromatic carboxylic acids is 1. The molecule has 3 rings (SSSR count). The van der Waals surface area contributed by atoms with Gasteiger partial charge in [-0.25, -0.2) is 10.2 Å². The van der Waals surface area contributed by atoms with Gasteiger partial charge in [0.2, 0.25) is 0 Å². The molecule has 0 radical (unpaired) electrons. The second-order valence-electron chi connectivity index (χ2n) is 5.03. The number of rotatable bonds is 5. The van der Waals surface area contributed by atoms with Gasteiger partial charge < -0.3 is 9.52 Å². The maximum atomic E-state index is 11.8. The SMILES string of the molecule is O=C(O)c1cccc(-c2ccc(C=NNC(=O)c3cccnc3)o2)c1. The van der Waals surface area contributed by atoms with E-state index < -0.39 is 5.97 Å². The Labute approximate surface area is 142 Å². The number of carboxylic acid groups (broad SMARTS) is 1. The number of amides is 1. The molecule has 0 saturated carbocycles. The summed E-state index contributed by atoms with van der Waals surface area (Å²) in [6, 6.07) is 13.1. The van der Waals surface area contributed by atoms with E-state index >= 15 is 0 Å². The first-order chi connectivity index (χ1) is 12.1. The van der Waals surface area contributed by atoms with Gasteiger partial charge in [0.05, 0.1) is 17.3 Å². The van der Waals surface area contributed by atoms with Crippen molar-refractivity contribution < 1.29 is 19.1 Å². The standard InChI is InChI=1S/C18H13N3O4/c22-17(14-5-2-8-19-10-14)21-20-11-15-6-7-16(25-15)12-3-1-4-13(9-12)18(23)24/h1-11H,(H,21,22)(H,23,24). The summed E-state index contributed by atoms with van der Waals surface area (Å²) in [4.78, 5) is 26.7. The molecule has 1 amide bonds. The quantitative estimate of drug-likeness (QED) is 0.551. The van der Waals surface area contributed by atoms with Crippen LogP contribution in [-0.2, 0) is 0 Å². The number of hydrogen-bond acceptors (Lipinski definition) is 5. The van der Waals surface area contributed by atoms with Crippen molar-refractivity contribution in [1.29, 1.82) is 0 Å². The largest absolute Gasteiger partial charge is 0.478 e. The van der Waals surface area contributed by atoms with Crippen LogP contribution in [0.25, 0.3) is 11.3 Å². The van der Waals surface area contributed by atoms with Gasteiger partial charge in [-0.3, -0.25) is 9.78 Å². The third kappa shape index (κ3) is 3.97. The molecule has 2 N–H and O–H groups in total. The van der Waals surface area contributed by atoms with Crippen molar-refractivity contribution in [2.75, 3.05) is 0 Å². The molecule has 0 saturated heterocycles. The number of nitrogens with zero attached hydrogens (tertiary/aromatic N) is 2. The molecule has 3 aromatic rings. The van der Waals surface area contributed by atoms with Crippen LogP contribution in [0, 0.1) is 0 Å². The Kier molecular flexibility index (Phi) is 4.66. The van der Waals surface area contributed by atoms with E-state index in [0.717, 1.165) is 0 Å². The highest BCUT2D eigenvalue weighted by atomic mass is 16.4. The summed E-state index contributed by atoms with van der Waals surface area (Å²) in [6.45, 7) is 0. The number of aromatic nitrogens is 1. The van der Waals surface area contributed by atoms with E-state index in [9.17, 15) is 9.59 Å². The van der Waals surface area contributed by atoms with Crippen LogP contribution in [0.1, 0.15) is 26.5 Å². The van der Waals surface area contributed by atoms with Crippen molar-refractivity contribution in [2.45, 2.75) is 0 Å². The minimum atomic E-state index is -1.01. The van der Waals surface area contributed by atoms with Crippen LogP contribution in [0.2, 0.25) is 0 Å². The molecular formula is C18H13N3O4. The topological polar surface area (TPSA) is 105 Å². The van der Waals surface area contributed by atoms with Crippen LogP contribution in [0.15, 0.2) is 70.4 Å². The predicted octanol–water partition coefficient (Wildman–Crippen LogP) is 2.80. The van der Waals surface area contributed by atoms with Gasteiger partial charge in [-0.05, 0) is 36.4 Å². The fourth-order valence-electron chi connectivity index (χ4n) is 2.10. The Morgan fingerprint density at radius 2 is 1.96 bits per heavy atom. The fourth-order valence-corrected chi connectivity index (χ4v) is 2.10. The summed E-state index contributed by atoms with van der Waals surface area (Å²) in [5.74, 6) is -0.469. The van der Waals surface area contributed by atoms with Gasteiger partial charge in [-0.2, -0.15) is 5.10 Å². The number of carboxylic acids is 1. The Hall–Kier alpha value is -3.74. The third-order valence-corrected chi connectivity index (χ3v) is 3.30. The first-order valence-corrected chi connectivity index (χ1v) is 7.30. The lowest BCUT2D eigenvalue weighted by Gasteiger charge is -1.99. The molecule has 25 heavy (non-hydrogen) atoms. The molecule has 0 fully saturated rings. The second-order valence-corrected chi connectivity index (χ2v) is 5.03. The van der Waals surface area contributed by atoms with Crippen LogP contribution in [0.5, 0.6) is 0 Å². The number of carbonyl (C=O) groups excluding carboxylic acids is 1. The van der Waals surface area contributed by atoms with Gasteiger partial charge in [-0.15, -0.1) is 0 Å². The highest BCUT2D eigenvalue weighted by Crippen LogP contribution is 2.22. The molecule has 2 heterocycles. The van der Waals surface area contributed by atoms with Crippen molar-refractivity contribution in [3.05, 3.63) is 77.8 Å².